The molecule has 3 rings (SSSR count). The maximum Gasteiger partial charge on any atom is 0.271 e. The fourth-order valence-electron chi connectivity index (χ4n) is 3.57. The molecule has 7 heteroatoms. The number of nitrogens with one attached hydrogen (secondary N) is 1. The van der Waals surface area contributed by atoms with Crippen molar-refractivity contribution in [2.24, 2.45) is 11.7 Å². The molecule has 2 aliphatic rings. The number of carbonyl (C=O) groups excluding carboxylic acids is 1. The number of morpholine rings is 1. The Morgan fingerprint density at radius 1 is 1.54 bits per heavy atom. The molecule has 1 amide bonds. The molecule has 0 unspecified atom stereocenters. The normalized spacial score (nSPS) is 28.8. The number of nitrogens with zero attached hydrogens (tertiary/aromatic N) is 2. The maximum absolute atomic E-state index is 12.5. The number of hydrogen-bond donors (Lipinski definition) is 2. The molecule has 1 aromatic heterocycles. The lowest BCUT2D eigenvalue weighted by Gasteiger charge is -2.33. The number of nitrogens with two attached hydrogens (primary N) is 1. The van der Waals surface area contributed by atoms with E-state index in [9.17, 15) is 4.79 Å². The van der Waals surface area contributed by atoms with Crippen LogP contribution >= 0.6 is 11.3 Å². The molecule has 2 saturated heterocycles. The molecular weight excluding hydrogens is 324 g/mol. The van der Waals surface area contributed by atoms with Gasteiger partial charge in [-0.1, -0.05) is 13.8 Å². The van der Waals surface area contributed by atoms with Crippen molar-refractivity contribution in [1.29, 1.82) is 0 Å². The quantitative estimate of drug-likeness (QED) is 0.844. The molecule has 6 nitrogen and oxygen atoms in total. The van der Waals surface area contributed by atoms with E-state index in [1.54, 1.807) is 0 Å². The first-order chi connectivity index (χ1) is 11.4. The third-order valence-electron chi connectivity index (χ3n) is 4.72. The molecule has 2 aliphatic heterocycles. The zero-order valence-corrected chi connectivity index (χ0v) is 15.5. The first-order valence-electron chi connectivity index (χ1n) is 8.80. The molecule has 3 N–H and O–H groups in total. The van der Waals surface area contributed by atoms with Crippen LogP contribution in [-0.2, 0) is 4.74 Å². The van der Waals surface area contributed by atoms with Gasteiger partial charge in [0.05, 0.1) is 18.8 Å². The van der Waals surface area contributed by atoms with Crippen molar-refractivity contribution in [2.75, 3.05) is 19.7 Å². The van der Waals surface area contributed by atoms with Crippen molar-refractivity contribution in [3.8, 4) is 0 Å². The summed E-state index contributed by atoms with van der Waals surface area (Å²) in [7, 11) is 0. The Labute approximate surface area is 147 Å². The minimum Gasteiger partial charge on any atom is -0.376 e. The van der Waals surface area contributed by atoms with Gasteiger partial charge >= 0.3 is 0 Å². The smallest absolute Gasteiger partial charge is 0.271 e. The number of hydrogen-bond acceptors (Lipinski definition) is 6. The highest BCUT2D eigenvalue weighted by atomic mass is 32.1. The lowest BCUT2D eigenvalue weighted by molar-refractivity contribution is -0.0390. The summed E-state index contributed by atoms with van der Waals surface area (Å²) in [4.78, 5) is 19.3. The summed E-state index contributed by atoms with van der Waals surface area (Å²) in [6.45, 7) is 8.98. The second-order valence-electron chi connectivity index (χ2n) is 7.46. The predicted molar refractivity (Wildman–Crippen MR) is 95.1 cm³/mol. The van der Waals surface area contributed by atoms with Gasteiger partial charge in [-0.3, -0.25) is 9.69 Å². The third-order valence-corrected chi connectivity index (χ3v) is 5.70. The Morgan fingerprint density at radius 3 is 3.08 bits per heavy atom. The summed E-state index contributed by atoms with van der Waals surface area (Å²) in [5.41, 5.74) is 6.65. The van der Waals surface area contributed by atoms with E-state index in [4.69, 9.17) is 10.5 Å². The molecule has 134 valence electrons. The Balaban J connectivity index is 1.55. The number of rotatable bonds is 5. The topological polar surface area (TPSA) is 80.5 Å². The van der Waals surface area contributed by atoms with Gasteiger partial charge in [-0.2, -0.15) is 0 Å². The molecule has 4 atom stereocenters. The van der Waals surface area contributed by atoms with Gasteiger partial charge in [0, 0.05) is 30.6 Å². The van der Waals surface area contributed by atoms with E-state index in [0.717, 1.165) is 37.5 Å². The van der Waals surface area contributed by atoms with Crippen molar-refractivity contribution in [2.45, 2.75) is 57.8 Å². The Hall–Kier alpha value is -1.02. The van der Waals surface area contributed by atoms with Gasteiger partial charge < -0.3 is 15.8 Å². The number of ether oxygens (including phenoxy) is 1. The molecule has 0 radical (unpaired) electrons. The van der Waals surface area contributed by atoms with Gasteiger partial charge in [-0.05, 0) is 25.7 Å². The summed E-state index contributed by atoms with van der Waals surface area (Å²) >= 11 is 1.48. The van der Waals surface area contributed by atoms with E-state index in [0.29, 0.717) is 17.7 Å². The lowest BCUT2D eigenvalue weighted by atomic mass is 10.1. The molecule has 1 aromatic rings. The van der Waals surface area contributed by atoms with Gasteiger partial charge in [0.15, 0.2) is 0 Å². The zero-order valence-electron chi connectivity index (χ0n) is 14.7. The Kier molecular flexibility index (Phi) is 5.54. The van der Waals surface area contributed by atoms with Crippen molar-refractivity contribution in [1.82, 2.24) is 15.2 Å². The van der Waals surface area contributed by atoms with Crippen LogP contribution < -0.4 is 11.1 Å². The second kappa shape index (κ2) is 7.47. The third kappa shape index (κ3) is 4.14. The highest BCUT2D eigenvalue weighted by molar-refractivity contribution is 7.09. The van der Waals surface area contributed by atoms with E-state index in [1.807, 2.05) is 5.38 Å². The van der Waals surface area contributed by atoms with E-state index >= 15 is 0 Å². The van der Waals surface area contributed by atoms with Crippen LogP contribution in [0, 0.1) is 5.92 Å². The van der Waals surface area contributed by atoms with Gasteiger partial charge in [0.25, 0.3) is 5.91 Å². The van der Waals surface area contributed by atoms with Crippen LogP contribution in [0.5, 0.6) is 0 Å². The Morgan fingerprint density at radius 2 is 2.33 bits per heavy atom. The maximum atomic E-state index is 12.5. The van der Waals surface area contributed by atoms with Crippen LogP contribution in [0.15, 0.2) is 5.38 Å². The standard InChI is InChI=1S/C17H28N4O2S/c1-10(2)4-14(18)17-20-15(9-24-17)16(22)19-12-5-13-8-23-11(3)6-21(13)7-12/h9-14H,4-8,18H2,1-3H3,(H,19,22)/t11-,12+,13-,14-/m0/s1. The molecule has 3 heterocycles. The van der Waals surface area contributed by atoms with Crippen LogP contribution in [0.2, 0.25) is 0 Å². The summed E-state index contributed by atoms with van der Waals surface area (Å²) in [5, 5.41) is 5.79. The molecule has 2 fully saturated rings. The van der Waals surface area contributed by atoms with Gasteiger partial charge in [0.1, 0.15) is 10.7 Å². The number of amides is 1. The molecule has 0 aromatic carbocycles. The van der Waals surface area contributed by atoms with Crippen molar-refractivity contribution < 1.29 is 9.53 Å². The summed E-state index contributed by atoms with van der Waals surface area (Å²) in [6, 6.07) is 0.512. The lowest BCUT2D eigenvalue weighted by Crippen LogP contribution is -2.45. The summed E-state index contributed by atoms with van der Waals surface area (Å²) < 4.78 is 5.71. The number of fused-ring (bicyclic) bond motifs is 1. The SMILES string of the molecule is CC(C)C[C@H](N)c1nc(C(=O)N[C@@H]2C[C@H]3CO[C@@H](C)CN3C2)cs1. The van der Waals surface area contributed by atoms with Crippen LogP contribution in [0.1, 0.15) is 55.2 Å². The van der Waals surface area contributed by atoms with Crippen LogP contribution in [0.3, 0.4) is 0 Å². The first-order valence-corrected chi connectivity index (χ1v) is 9.67. The minimum absolute atomic E-state index is 0.0874. The molecule has 0 bridgehead atoms. The van der Waals surface area contributed by atoms with E-state index in [1.165, 1.54) is 11.3 Å². The number of thiazole rings is 1. The van der Waals surface area contributed by atoms with Crippen molar-refractivity contribution in [3.05, 3.63) is 16.1 Å². The molecule has 0 saturated carbocycles. The van der Waals surface area contributed by atoms with Gasteiger partial charge in [-0.15, -0.1) is 11.3 Å². The van der Waals surface area contributed by atoms with Crippen molar-refractivity contribution >= 4 is 17.2 Å². The van der Waals surface area contributed by atoms with E-state index in [-0.39, 0.29) is 24.1 Å². The van der Waals surface area contributed by atoms with Crippen LogP contribution in [0.4, 0.5) is 0 Å². The second-order valence-corrected chi connectivity index (χ2v) is 8.35. The average Bonchev–Trinajstić information content (AvgIpc) is 3.12. The highest BCUT2D eigenvalue weighted by Gasteiger charge is 2.37. The minimum atomic E-state index is -0.0898. The average molecular weight is 353 g/mol. The molecular formula is C17H28N4O2S. The molecule has 0 aliphatic carbocycles. The highest BCUT2D eigenvalue weighted by Crippen LogP contribution is 2.25. The summed E-state index contributed by atoms with van der Waals surface area (Å²) in [5.74, 6) is 0.426. The van der Waals surface area contributed by atoms with Crippen LogP contribution in [0.25, 0.3) is 0 Å². The predicted octanol–water partition coefficient (Wildman–Crippen LogP) is 1.78. The van der Waals surface area contributed by atoms with Gasteiger partial charge in [-0.25, -0.2) is 4.98 Å². The number of carbonyl (C=O) groups is 1. The zero-order chi connectivity index (χ0) is 17.3. The molecule has 0 spiro atoms. The Bertz CT molecular complexity index is 577. The summed E-state index contributed by atoms with van der Waals surface area (Å²) in [6.07, 6.45) is 2.10. The first kappa shape index (κ1) is 17.8. The fourth-order valence-corrected chi connectivity index (χ4v) is 4.39. The molecule has 24 heavy (non-hydrogen) atoms. The number of aromatic nitrogens is 1. The van der Waals surface area contributed by atoms with E-state index in [2.05, 4.69) is 36.0 Å². The monoisotopic (exact) mass is 352 g/mol. The van der Waals surface area contributed by atoms with Crippen LogP contribution in [-0.4, -0.2) is 53.7 Å². The largest absolute Gasteiger partial charge is 0.376 e. The fraction of sp³-hybridized carbons (Fsp3) is 0.765. The van der Waals surface area contributed by atoms with Gasteiger partial charge in [0.2, 0.25) is 0 Å². The van der Waals surface area contributed by atoms with Crippen molar-refractivity contribution in [3.63, 3.8) is 0 Å². The van der Waals surface area contributed by atoms with E-state index < -0.39 is 0 Å².